The van der Waals surface area contributed by atoms with E-state index in [-0.39, 0.29) is 22.3 Å². The lowest BCUT2D eigenvalue weighted by molar-refractivity contribution is 0.0971. The van der Waals surface area contributed by atoms with Crippen molar-refractivity contribution in [2.45, 2.75) is 10.9 Å². The molecule has 1 atom stereocenters. The molecule has 31 heavy (non-hydrogen) atoms. The Morgan fingerprint density at radius 3 is 2.52 bits per heavy atom. The van der Waals surface area contributed by atoms with Gasteiger partial charge in [-0.3, -0.25) is 14.5 Å². The van der Waals surface area contributed by atoms with Gasteiger partial charge in [0.05, 0.1) is 17.0 Å². The van der Waals surface area contributed by atoms with Gasteiger partial charge in [-0.25, -0.2) is 4.39 Å². The van der Waals surface area contributed by atoms with E-state index in [4.69, 9.17) is 16.0 Å². The van der Waals surface area contributed by atoms with Crippen molar-refractivity contribution in [3.8, 4) is 0 Å². The number of halogens is 2. The second-order valence-corrected chi connectivity index (χ2v) is 8.46. The fourth-order valence-corrected chi connectivity index (χ4v) is 4.53. The Bertz CT molecular complexity index is 1400. The number of carbonyl (C=O) groups is 1. The third kappa shape index (κ3) is 3.23. The molecule has 7 heteroatoms. The van der Waals surface area contributed by atoms with Crippen molar-refractivity contribution in [1.82, 2.24) is 0 Å². The minimum atomic E-state index is -0.721. The highest BCUT2D eigenvalue weighted by atomic mass is 35.5. The van der Waals surface area contributed by atoms with E-state index in [1.54, 1.807) is 36.0 Å². The van der Waals surface area contributed by atoms with Gasteiger partial charge in [0.2, 0.25) is 5.76 Å². The van der Waals surface area contributed by atoms with Crippen molar-refractivity contribution >= 4 is 45.9 Å². The highest BCUT2D eigenvalue weighted by Gasteiger charge is 2.43. The third-order valence-corrected chi connectivity index (χ3v) is 6.33. The van der Waals surface area contributed by atoms with E-state index in [2.05, 4.69) is 0 Å². The lowest BCUT2D eigenvalue weighted by Gasteiger charge is -2.25. The minimum absolute atomic E-state index is 0.0389. The summed E-state index contributed by atoms with van der Waals surface area (Å²) in [6, 6.07) is 17.5. The van der Waals surface area contributed by atoms with E-state index >= 15 is 0 Å². The molecule has 154 valence electrons. The summed E-state index contributed by atoms with van der Waals surface area (Å²) in [7, 11) is 0. The Kier molecular flexibility index (Phi) is 4.84. The molecular formula is C24H15ClFNO3S. The van der Waals surface area contributed by atoms with Crippen LogP contribution in [0.4, 0.5) is 10.1 Å². The fourth-order valence-electron chi connectivity index (χ4n) is 3.94. The molecule has 1 aliphatic rings. The van der Waals surface area contributed by atoms with Crippen LogP contribution in [0.25, 0.3) is 11.0 Å². The Morgan fingerprint density at radius 1 is 1.03 bits per heavy atom. The lowest BCUT2D eigenvalue weighted by Crippen LogP contribution is -2.29. The number of nitrogens with zero attached hydrogens (tertiary/aromatic N) is 1. The van der Waals surface area contributed by atoms with Gasteiger partial charge in [0.15, 0.2) is 5.43 Å². The highest BCUT2D eigenvalue weighted by Crippen LogP contribution is 2.42. The second-order valence-electron chi connectivity index (χ2n) is 7.15. The molecule has 4 aromatic rings. The first kappa shape index (κ1) is 19.8. The number of thioether (sulfide) groups is 1. The number of rotatable bonds is 3. The molecular weight excluding hydrogens is 437 g/mol. The van der Waals surface area contributed by atoms with Crippen molar-refractivity contribution in [1.29, 1.82) is 0 Å². The molecule has 0 radical (unpaired) electrons. The predicted molar refractivity (Wildman–Crippen MR) is 121 cm³/mol. The summed E-state index contributed by atoms with van der Waals surface area (Å²) in [5.74, 6) is -1.03. The van der Waals surface area contributed by atoms with Crippen LogP contribution in [0.1, 0.15) is 27.7 Å². The van der Waals surface area contributed by atoms with Crippen molar-refractivity contribution in [3.63, 3.8) is 0 Å². The normalized spacial score (nSPS) is 15.5. The van der Waals surface area contributed by atoms with Gasteiger partial charge in [0, 0.05) is 15.6 Å². The summed E-state index contributed by atoms with van der Waals surface area (Å²) in [4.78, 5) is 29.4. The summed E-state index contributed by atoms with van der Waals surface area (Å²) >= 11 is 7.77. The first-order valence-corrected chi connectivity index (χ1v) is 11.1. The molecule has 0 aliphatic carbocycles. The van der Waals surface area contributed by atoms with Crippen LogP contribution in [-0.4, -0.2) is 12.2 Å². The topological polar surface area (TPSA) is 50.5 Å². The molecule has 0 N–H and O–H groups in total. The van der Waals surface area contributed by atoms with Crippen LogP contribution < -0.4 is 10.3 Å². The molecule has 0 fully saturated rings. The van der Waals surface area contributed by atoms with Crippen molar-refractivity contribution in [2.24, 2.45) is 0 Å². The predicted octanol–water partition coefficient (Wildman–Crippen LogP) is 6.06. The maximum atomic E-state index is 13.9. The van der Waals surface area contributed by atoms with Gasteiger partial charge in [-0.2, -0.15) is 0 Å². The molecule has 0 bridgehead atoms. The van der Waals surface area contributed by atoms with Crippen molar-refractivity contribution < 1.29 is 13.6 Å². The highest BCUT2D eigenvalue weighted by molar-refractivity contribution is 7.98. The number of fused-ring (bicyclic) bond motifs is 2. The largest absolute Gasteiger partial charge is 0.450 e. The van der Waals surface area contributed by atoms with Crippen LogP contribution in [-0.2, 0) is 0 Å². The van der Waals surface area contributed by atoms with Gasteiger partial charge in [0.1, 0.15) is 11.4 Å². The maximum absolute atomic E-state index is 13.9. The zero-order valence-corrected chi connectivity index (χ0v) is 17.8. The smallest absolute Gasteiger partial charge is 0.295 e. The molecule has 1 aromatic heterocycles. The van der Waals surface area contributed by atoms with Gasteiger partial charge >= 0.3 is 0 Å². The number of benzene rings is 3. The number of hydrogen-bond donors (Lipinski definition) is 0. The minimum Gasteiger partial charge on any atom is -0.450 e. The zero-order valence-electron chi connectivity index (χ0n) is 16.3. The molecule has 0 saturated heterocycles. The first-order chi connectivity index (χ1) is 15.0. The number of anilines is 1. The van der Waals surface area contributed by atoms with E-state index in [1.165, 1.54) is 17.0 Å². The first-order valence-electron chi connectivity index (χ1n) is 9.47. The second kappa shape index (κ2) is 7.55. The van der Waals surface area contributed by atoms with E-state index < -0.39 is 23.2 Å². The average Bonchev–Trinajstić information content (AvgIpc) is 3.07. The van der Waals surface area contributed by atoms with Crippen molar-refractivity contribution in [3.05, 3.63) is 105 Å². The van der Waals surface area contributed by atoms with E-state index in [0.717, 1.165) is 16.5 Å². The van der Waals surface area contributed by atoms with E-state index in [1.807, 2.05) is 30.5 Å². The van der Waals surface area contributed by atoms with E-state index in [0.29, 0.717) is 10.7 Å². The summed E-state index contributed by atoms with van der Waals surface area (Å²) in [6.07, 6.45) is 1.97. The number of carbonyl (C=O) groups excluding carboxylic acids is 1. The van der Waals surface area contributed by atoms with Crippen LogP contribution in [0.3, 0.4) is 0 Å². The Labute approximate surface area is 186 Å². The summed E-state index contributed by atoms with van der Waals surface area (Å²) in [5.41, 5.74) is 1.22. The average molecular weight is 452 g/mol. The van der Waals surface area contributed by atoms with Crippen LogP contribution in [0, 0.1) is 5.82 Å². The number of hydrogen-bond acceptors (Lipinski definition) is 4. The quantitative estimate of drug-likeness (QED) is 0.355. The molecule has 0 spiro atoms. The van der Waals surface area contributed by atoms with Gasteiger partial charge < -0.3 is 4.42 Å². The standard InChI is InChI=1S/C24H15ClFNO3S/c1-31-17-8-5-13(6-9-17)21-20-22(28)18-12-15(26)7-10-19(18)30-23(20)24(29)27(21)16-4-2-3-14(25)11-16/h2-12,21H,1H3. The maximum Gasteiger partial charge on any atom is 0.295 e. The van der Waals surface area contributed by atoms with Gasteiger partial charge in [-0.1, -0.05) is 29.8 Å². The molecule has 1 amide bonds. The fraction of sp³-hybridized carbons (Fsp3) is 0.0833. The van der Waals surface area contributed by atoms with Crippen LogP contribution in [0.15, 0.2) is 80.8 Å². The van der Waals surface area contributed by atoms with E-state index in [9.17, 15) is 14.0 Å². The van der Waals surface area contributed by atoms with Crippen LogP contribution >= 0.6 is 23.4 Å². The molecule has 1 unspecified atom stereocenters. The van der Waals surface area contributed by atoms with Gasteiger partial charge in [-0.05, 0) is 60.4 Å². The SMILES string of the molecule is CSc1ccc(C2c3c(oc4ccc(F)cc4c3=O)C(=O)N2c2cccc(Cl)c2)cc1. The zero-order chi connectivity index (χ0) is 21.7. The van der Waals surface area contributed by atoms with Crippen molar-refractivity contribution in [2.75, 3.05) is 11.2 Å². The molecule has 4 nitrogen and oxygen atoms in total. The lowest BCUT2D eigenvalue weighted by atomic mass is 9.98. The molecule has 1 aliphatic heterocycles. The Morgan fingerprint density at radius 2 is 1.81 bits per heavy atom. The molecule has 2 heterocycles. The molecule has 5 rings (SSSR count). The summed E-state index contributed by atoms with van der Waals surface area (Å²) < 4.78 is 19.7. The molecule has 3 aromatic carbocycles. The monoisotopic (exact) mass is 451 g/mol. The third-order valence-electron chi connectivity index (χ3n) is 5.35. The van der Waals surface area contributed by atoms with Gasteiger partial charge in [0.25, 0.3) is 5.91 Å². The summed E-state index contributed by atoms with van der Waals surface area (Å²) in [5, 5.41) is 0.564. The Hall–Kier alpha value is -3.09. The summed E-state index contributed by atoms with van der Waals surface area (Å²) in [6.45, 7) is 0. The Balaban J connectivity index is 1.80. The van der Waals surface area contributed by atoms with Crippen LogP contribution in [0.2, 0.25) is 5.02 Å². The molecule has 0 saturated carbocycles. The van der Waals surface area contributed by atoms with Crippen LogP contribution in [0.5, 0.6) is 0 Å². The number of amides is 1. The van der Waals surface area contributed by atoms with Gasteiger partial charge in [-0.15, -0.1) is 11.8 Å².